The van der Waals surface area contributed by atoms with E-state index in [1.165, 1.54) is 32.1 Å². The van der Waals surface area contributed by atoms with Crippen molar-refractivity contribution in [1.29, 1.82) is 0 Å². The van der Waals surface area contributed by atoms with Crippen LogP contribution >= 0.6 is 0 Å². The first-order valence-corrected chi connectivity index (χ1v) is 6.99. The predicted octanol–water partition coefficient (Wildman–Crippen LogP) is 0.766. The number of likely N-dealkylation sites (tertiary alicyclic amines) is 1. The number of hydrogen-bond donors (Lipinski definition) is 1. The second-order valence-corrected chi connectivity index (χ2v) is 5.50. The smallest absolute Gasteiger partial charge is 0.253 e. The lowest BCUT2D eigenvalue weighted by atomic mass is 9.85. The Bertz CT molecular complexity index is 289. The molecule has 3 aliphatic rings. The van der Waals surface area contributed by atoms with Crippen molar-refractivity contribution in [3.8, 4) is 0 Å². The fourth-order valence-electron chi connectivity index (χ4n) is 3.59. The Morgan fingerprint density at radius 2 is 2.12 bits per heavy atom. The molecule has 1 saturated carbocycles. The molecule has 1 amide bonds. The normalized spacial score (nSPS) is 37.9. The highest BCUT2D eigenvalue weighted by atomic mass is 16.5. The quantitative estimate of drug-likeness (QED) is 0.733. The minimum Gasteiger partial charge on any atom is -0.366 e. The maximum absolute atomic E-state index is 12.4. The molecule has 2 heterocycles. The maximum Gasteiger partial charge on any atom is 0.253 e. The van der Waals surface area contributed by atoms with Gasteiger partial charge < -0.3 is 15.0 Å². The summed E-state index contributed by atoms with van der Waals surface area (Å²) in [6, 6.07) is 0.516. The Morgan fingerprint density at radius 1 is 1.24 bits per heavy atom. The molecular weight excluding hydrogens is 216 g/mol. The lowest BCUT2D eigenvalue weighted by Crippen LogP contribution is -2.51. The van der Waals surface area contributed by atoms with Crippen LogP contribution < -0.4 is 5.32 Å². The van der Waals surface area contributed by atoms with Crippen molar-refractivity contribution in [2.45, 2.75) is 44.2 Å². The van der Waals surface area contributed by atoms with Crippen molar-refractivity contribution in [3.63, 3.8) is 0 Å². The molecule has 3 atom stereocenters. The van der Waals surface area contributed by atoms with Crippen molar-refractivity contribution in [1.82, 2.24) is 10.2 Å². The summed E-state index contributed by atoms with van der Waals surface area (Å²) in [5, 5.41) is 3.24. The number of hydrogen-bond acceptors (Lipinski definition) is 3. The number of nitrogens with one attached hydrogen (secondary N) is 1. The van der Waals surface area contributed by atoms with E-state index in [1.807, 2.05) is 0 Å². The highest BCUT2D eigenvalue weighted by Gasteiger charge is 2.40. The van der Waals surface area contributed by atoms with Crippen LogP contribution in [0.1, 0.15) is 32.1 Å². The number of morpholine rings is 1. The van der Waals surface area contributed by atoms with E-state index in [0.29, 0.717) is 19.2 Å². The summed E-state index contributed by atoms with van der Waals surface area (Å²) in [5.74, 6) is 0.996. The van der Waals surface area contributed by atoms with Gasteiger partial charge in [0.15, 0.2) is 0 Å². The molecule has 4 heteroatoms. The molecule has 0 bridgehead atoms. The summed E-state index contributed by atoms with van der Waals surface area (Å²) in [6.45, 7) is 3.18. The molecule has 2 saturated heterocycles. The second-order valence-electron chi connectivity index (χ2n) is 5.50. The van der Waals surface area contributed by atoms with Gasteiger partial charge in [-0.05, 0) is 25.2 Å². The summed E-state index contributed by atoms with van der Waals surface area (Å²) in [6.07, 6.45) is 6.13. The Balaban J connectivity index is 1.65. The standard InChI is InChI=1S/C13H22N2O2/c16-13(12-9-14-6-8-17-12)15-7-5-10-3-1-2-4-11(10)15/h10-12,14H,1-9H2. The van der Waals surface area contributed by atoms with Gasteiger partial charge >= 0.3 is 0 Å². The van der Waals surface area contributed by atoms with Crippen LogP contribution in [0.15, 0.2) is 0 Å². The predicted molar refractivity (Wildman–Crippen MR) is 64.7 cm³/mol. The van der Waals surface area contributed by atoms with Crippen LogP contribution in [0.25, 0.3) is 0 Å². The third-order valence-corrected chi connectivity index (χ3v) is 4.50. The molecule has 96 valence electrons. The molecular formula is C13H22N2O2. The lowest BCUT2D eigenvalue weighted by molar-refractivity contribution is -0.146. The van der Waals surface area contributed by atoms with Gasteiger partial charge in [-0.25, -0.2) is 0 Å². The topological polar surface area (TPSA) is 41.6 Å². The van der Waals surface area contributed by atoms with Gasteiger partial charge in [0.1, 0.15) is 6.10 Å². The van der Waals surface area contributed by atoms with E-state index in [9.17, 15) is 4.79 Å². The molecule has 1 aliphatic carbocycles. The molecule has 0 aromatic carbocycles. The first kappa shape index (κ1) is 11.5. The van der Waals surface area contributed by atoms with Gasteiger partial charge in [0.2, 0.25) is 0 Å². The van der Waals surface area contributed by atoms with Gasteiger partial charge in [0, 0.05) is 25.7 Å². The maximum atomic E-state index is 12.4. The molecule has 17 heavy (non-hydrogen) atoms. The van der Waals surface area contributed by atoms with Crippen molar-refractivity contribution >= 4 is 5.91 Å². The van der Waals surface area contributed by atoms with E-state index in [2.05, 4.69) is 10.2 Å². The van der Waals surface area contributed by atoms with Crippen LogP contribution in [-0.2, 0) is 9.53 Å². The fraction of sp³-hybridized carbons (Fsp3) is 0.923. The first-order valence-electron chi connectivity index (χ1n) is 6.99. The van der Waals surface area contributed by atoms with Crippen LogP contribution in [0.4, 0.5) is 0 Å². The average molecular weight is 238 g/mol. The number of fused-ring (bicyclic) bond motifs is 1. The van der Waals surface area contributed by atoms with Crippen LogP contribution in [0.2, 0.25) is 0 Å². The summed E-state index contributed by atoms with van der Waals surface area (Å²) in [7, 11) is 0. The van der Waals surface area contributed by atoms with Gasteiger partial charge in [-0.2, -0.15) is 0 Å². The summed E-state index contributed by atoms with van der Waals surface area (Å²) < 4.78 is 5.58. The molecule has 0 aromatic rings. The number of rotatable bonds is 1. The first-order chi connectivity index (χ1) is 8.36. The summed E-state index contributed by atoms with van der Waals surface area (Å²) in [5.41, 5.74) is 0. The van der Waals surface area contributed by atoms with Gasteiger partial charge in [0.05, 0.1) is 6.61 Å². The minimum absolute atomic E-state index is 0.228. The molecule has 0 spiro atoms. The number of amides is 1. The van der Waals surface area contributed by atoms with E-state index in [-0.39, 0.29) is 12.0 Å². The summed E-state index contributed by atoms with van der Waals surface area (Å²) >= 11 is 0. The van der Waals surface area contributed by atoms with Crippen molar-refractivity contribution < 1.29 is 9.53 Å². The zero-order valence-corrected chi connectivity index (χ0v) is 10.4. The zero-order chi connectivity index (χ0) is 11.7. The highest BCUT2D eigenvalue weighted by Crippen LogP contribution is 2.36. The number of carbonyl (C=O) groups excluding carboxylic acids is 1. The van der Waals surface area contributed by atoms with E-state index < -0.39 is 0 Å². The highest BCUT2D eigenvalue weighted by molar-refractivity contribution is 5.82. The van der Waals surface area contributed by atoms with Crippen LogP contribution in [0, 0.1) is 5.92 Å². The van der Waals surface area contributed by atoms with E-state index in [4.69, 9.17) is 4.74 Å². The van der Waals surface area contributed by atoms with E-state index in [1.54, 1.807) is 0 Å². The summed E-state index contributed by atoms with van der Waals surface area (Å²) in [4.78, 5) is 14.5. The molecule has 0 radical (unpaired) electrons. The third kappa shape index (κ3) is 2.20. The van der Waals surface area contributed by atoms with Crippen LogP contribution in [0.5, 0.6) is 0 Å². The van der Waals surface area contributed by atoms with Crippen molar-refractivity contribution in [2.24, 2.45) is 5.92 Å². The Kier molecular flexibility index (Phi) is 3.34. The van der Waals surface area contributed by atoms with Crippen molar-refractivity contribution in [3.05, 3.63) is 0 Å². The van der Waals surface area contributed by atoms with Gasteiger partial charge in [-0.3, -0.25) is 4.79 Å². The molecule has 1 N–H and O–H groups in total. The minimum atomic E-state index is -0.232. The fourth-order valence-corrected chi connectivity index (χ4v) is 3.59. The largest absolute Gasteiger partial charge is 0.366 e. The zero-order valence-electron chi connectivity index (χ0n) is 10.4. The van der Waals surface area contributed by atoms with E-state index in [0.717, 1.165) is 19.0 Å². The van der Waals surface area contributed by atoms with Crippen molar-refractivity contribution in [2.75, 3.05) is 26.2 Å². The average Bonchev–Trinajstić information content (AvgIpc) is 2.83. The molecule has 2 aliphatic heterocycles. The number of nitrogens with zero attached hydrogens (tertiary/aromatic N) is 1. The number of ether oxygens (including phenoxy) is 1. The van der Waals surface area contributed by atoms with Crippen LogP contribution in [0.3, 0.4) is 0 Å². The molecule has 0 aromatic heterocycles. The van der Waals surface area contributed by atoms with Crippen LogP contribution in [-0.4, -0.2) is 49.2 Å². The Morgan fingerprint density at radius 3 is 2.94 bits per heavy atom. The third-order valence-electron chi connectivity index (χ3n) is 4.50. The van der Waals surface area contributed by atoms with Gasteiger partial charge in [0.25, 0.3) is 5.91 Å². The number of carbonyl (C=O) groups is 1. The Hall–Kier alpha value is -0.610. The van der Waals surface area contributed by atoms with Gasteiger partial charge in [-0.15, -0.1) is 0 Å². The molecule has 4 nitrogen and oxygen atoms in total. The molecule has 3 unspecified atom stereocenters. The second kappa shape index (κ2) is 4.94. The van der Waals surface area contributed by atoms with E-state index >= 15 is 0 Å². The van der Waals surface area contributed by atoms with Gasteiger partial charge in [-0.1, -0.05) is 12.8 Å². The SMILES string of the molecule is O=C(C1CNCCO1)N1CCC2CCCCC21. The lowest BCUT2D eigenvalue weighted by Gasteiger charge is -2.34. The molecule has 3 rings (SSSR count). The monoisotopic (exact) mass is 238 g/mol. The Labute approximate surface area is 103 Å². The molecule has 3 fully saturated rings.